The standard InChI is InChI=1S/C27H26FN7O2/c1-4-25(36)32-19-6-5-7-20(14-19)33-26-23(28)16-31-27(35-26)34-18-8-10-21(11-9-18)37-22-12-13-30-24(15-22)17(2)29-3/h4-17,29H,1H2,2-3H3,(H,32,36)(H2,31,33,34,35). The number of carbonyl (C=O) groups is 1. The maximum absolute atomic E-state index is 14.4. The number of nitrogens with one attached hydrogen (secondary N) is 4. The van der Waals surface area contributed by atoms with Crippen LogP contribution in [0.25, 0.3) is 0 Å². The summed E-state index contributed by atoms with van der Waals surface area (Å²) in [5.74, 6) is 0.535. The Labute approximate surface area is 213 Å². The van der Waals surface area contributed by atoms with Crippen molar-refractivity contribution in [3.8, 4) is 11.5 Å². The number of amides is 1. The summed E-state index contributed by atoms with van der Waals surface area (Å²) < 4.78 is 20.3. The number of hydrogen-bond donors (Lipinski definition) is 4. The van der Waals surface area contributed by atoms with E-state index in [1.807, 2.05) is 20.0 Å². The van der Waals surface area contributed by atoms with Crippen LogP contribution in [0.3, 0.4) is 0 Å². The molecule has 1 unspecified atom stereocenters. The van der Waals surface area contributed by atoms with Crippen LogP contribution < -0.4 is 26.0 Å². The van der Waals surface area contributed by atoms with E-state index in [-0.39, 0.29) is 23.7 Å². The quantitative estimate of drug-likeness (QED) is 0.206. The van der Waals surface area contributed by atoms with Gasteiger partial charge in [0.2, 0.25) is 11.9 Å². The Morgan fingerprint density at radius 1 is 1.00 bits per heavy atom. The van der Waals surface area contributed by atoms with Crippen molar-refractivity contribution < 1.29 is 13.9 Å². The van der Waals surface area contributed by atoms with Gasteiger partial charge in [-0.3, -0.25) is 9.78 Å². The summed E-state index contributed by atoms with van der Waals surface area (Å²) >= 11 is 0. The Morgan fingerprint density at radius 2 is 1.78 bits per heavy atom. The highest BCUT2D eigenvalue weighted by atomic mass is 19.1. The molecule has 0 spiro atoms. The molecule has 1 amide bonds. The number of anilines is 5. The van der Waals surface area contributed by atoms with Gasteiger partial charge < -0.3 is 26.0 Å². The van der Waals surface area contributed by atoms with Crippen molar-refractivity contribution in [3.05, 3.63) is 97.2 Å². The fourth-order valence-electron chi connectivity index (χ4n) is 3.27. The molecule has 0 saturated heterocycles. The summed E-state index contributed by atoms with van der Waals surface area (Å²) in [7, 11) is 1.87. The van der Waals surface area contributed by atoms with Crippen molar-refractivity contribution >= 4 is 34.7 Å². The van der Waals surface area contributed by atoms with E-state index in [2.05, 4.69) is 42.8 Å². The molecule has 1 atom stereocenters. The van der Waals surface area contributed by atoms with Crippen LogP contribution in [0, 0.1) is 5.82 Å². The molecular formula is C27H26FN7O2. The predicted molar refractivity (Wildman–Crippen MR) is 142 cm³/mol. The van der Waals surface area contributed by atoms with Crippen molar-refractivity contribution in [2.24, 2.45) is 0 Å². The summed E-state index contributed by atoms with van der Waals surface area (Å²) in [6.45, 7) is 5.44. The van der Waals surface area contributed by atoms with E-state index < -0.39 is 5.82 Å². The average Bonchev–Trinajstić information content (AvgIpc) is 2.91. The normalized spacial score (nSPS) is 11.3. The van der Waals surface area contributed by atoms with Crippen molar-refractivity contribution in [2.75, 3.05) is 23.0 Å². The van der Waals surface area contributed by atoms with E-state index in [9.17, 15) is 9.18 Å². The second-order valence-corrected chi connectivity index (χ2v) is 7.97. The molecule has 10 heteroatoms. The van der Waals surface area contributed by atoms with E-state index in [1.165, 1.54) is 6.08 Å². The van der Waals surface area contributed by atoms with Crippen LogP contribution >= 0.6 is 0 Å². The lowest BCUT2D eigenvalue weighted by Crippen LogP contribution is -2.13. The number of pyridine rings is 1. The largest absolute Gasteiger partial charge is 0.457 e. The number of halogens is 1. The summed E-state index contributed by atoms with van der Waals surface area (Å²) in [6, 6.07) is 17.8. The van der Waals surface area contributed by atoms with E-state index in [0.29, 0.717) is 28.6 Å². The Hall–Kier alpha value is -4.83. The van der Waals surface area contributed by atoms with Gasteiger partial charge in [0.15, 0.2) is 11.6 Å². The average molecular weight is 500 g/mol. The van der Waals surface area contributed by atoms with Gasteiger partial charge in [0, 0.05) is 35.4 Å². The summed E-state index contributed by atoms with van der Waals surface area (Å²) in [5, 5.41) is 11.8. The first kappa shape index (κ1) is 25.3. The third kappa shape index (κ3) is 6.86. The molecule has 37 heavy (non-hydrogen) atoms. The van der Waals surface area contributed by atoms with Gasteiger partial charge in [-0.1, -0.05) is 12.6 Å². The second-order valence-electron chi connectivity index (χ2n) is 7.97. The third-order valence-corrected chi connectivity index (χ3v) is 5.30. The van der Waals surface area contributed by atoms with Crippen LogP contribution in [-0.4, -0.2) is 27.9 Å². The van der Waals surface area contributed by atoms with E-state index in [4.69, 9.17) is 4.74 Å². The van der Waals surface area contributed by atoms with Gasteiger partial charge in [0.1, 0.15) is 11.5 Å². The van der Waals surface area contributed by atoms with Crippen LogP contribution in [0.2, 0.25) is 0 Å². The van der Waals surface area contributed by atoms with Crippen molar-refractivity contribution in [2.45, 2.75) is 13.0 Å². The van der Waals surface area contributed by atoms with Gasteiger partial charge >= 0.3 is 0 Å². The number of nitrogens with zero attached hydrogens (tertiary/aromatic N) is 3. The molecule has 188 valence electrons. The Balaban J connectivity index is 1.43. The minimum Gasteiger partial charge on any atom is -0.457 e. The van der Waals surface area contributed by atoms with Gasteiger partial charge in [-0.15, -0.1) is 0 Å². The molecule has 0 bridgehead atoms. The SMILES string of the molecule is C=CC(=O)Nc1cccc(Nc2nc(Nc3ccc(Oc4ccnc(C(C)NC)c4)cc3)ncc2F)c1. The maximum Gasteiger partial charge on any atom is 0.247 e. The molecule has 0 aliphatic rings. The number of benzene rings is 2. The van der Waals surface area contributed by atoms with Crippen molar-refractivity contribution in [1.29, 1.82) is 0 Å². The number of carbonyl (C=O) groups excluding carboxylic acids is 1. The van der Waals surface area contributed by atoms with Crippen LogP contribution in [0.5, 0.6) is 11.5 Å². The molecule has 4 N–H and O–H groups in total. The smallest absolute Gasteiger partial charge is 0.247 e. The first-order valence-electron chi connectivity index (χ1n) is 11.4. The molecule has 4 rings (SSSR count). The molecule has 2 aromatic carbocycles. The molecule has 2 aromatic heterocycles. The van der Waals surface area contributed by atoms with Crippen LogP contribution in [0.1, 0.15) is 18.7 Å². The third-order valence-electron chi connectivity index (χ3n) is 5.30. The number of aromatic nitrogens is 3. The highest BCUT2D eigenvalue weighted by Crippen LogP contribution is 2.26. The van der Waals surface area contributed by atoms with Gasteiger partial charge in [-0.2, -0.15) is 4.98 Å². The lowest BCUT2D eigenvalue weighted by Gasteiger charge is -2.12. The summed E-state index contributed by atoms with van der Waals surface area (Å²) in [6.07, 6.45) is 3.95. The molecular weight excluding hydrogens is 473 g/mol. The summed E-state index contributed by atoms with van der Waals surface area (Å²) in [4.78, 5) is 24.1. The molecule has 4 aromatic rings. The second kappa shape index (κ2) is 11.7. The molecule has 0 saturated carbocycles. The highest BCUT2D eigenvalue weighted by molar-refractivity contribution is 5.99. The van der Waals surface area contributed by atoms with Gasteiger partial charge in [-0.25, -0.2) is 9.37 Å². The fraction of sp³-hybridized carbons (Fsp3) is 0.111. The Bertz CT molecular complexity index is 1400. The zero-order valence-corrected chi connectivity index (χ0v) is 20.3. The number of ether oxygens (including phenoxy) is 1. The maximum atomic E-state index is 14.4. The fourth-order valence-corrected chi connectivity index (χ4v) is 3.27. The monoisotopic (exact) mass is 499 g/mol. The summed E-state index contributed by atoms with van der Waals surface area (Å²) in [5.41, 5.74) is 2.64. The highest BCUT2D eigenvalue weighted by Gasteiger charge is 2.10. The van der Waals surface area contributed by atoms with Gasteiger partial charge in [-0.05, 0) is 68.6 Å². The minimum absolute atomic E-state index is 0.0195. The van der Waals surface area contributed by atoms with Crippen molar-refractivity contribution in [1.82, 2.24) is 20.3 Å². The van der Waals surface area contributed by atoms with E-state index >= 15 is 0 Å². The lowest BCUT2D eigenvalue weighted by atomic mass is 10.2. The molecule has 0 fully saturated rings. The van der Waals surface area contributed by atoms with Gasteiger partial charge in [0.05, 0.1) is 11.9 Å². The zero-order chi connectivity index (χ0) is 26.2. The van der Waals surface area contributed by atoms with Gasteiger partial charge in [0.25, 0.3) is 0 Å². The first-order chi connectivity index (χ1) is 17.9. The Morgan fingerprint density at radius 3 is 2.54 bits per heavy atom. The molecule has 9 nitrogen and oxygen atoms in total. The van der Waals surface area contributed by atoms with Crippen LogP contribution in [0.4, 0.5) is 33.2 Å². The zero-order valence-electron chi connectivity index (χ0n) is 20.3. The minimum atomic E-state index is -0.626. The number of rotatable bonds is 10. The molecule has 0 aliphatic heterocycles. The Kier molecular flexibility index (Phi) is 8.01. The van der Waals surface area contributed by atoms with Crippen LogP contribution in [-0.2, 0) is 4.79 Å². The van der Waals surface area contributed by atoms with E-state index in [1.54, 1.807) is 60.8 Å². The first-order valence-corrected chi connectivity index (χ1v) is 11.4. The molecule has 0 aliphatic carbocycles. The molecule has 0 radical (unpaired) electrons. The van der Waals surface area contributed by atoms with E-state index in [0.717, 1.165) is 11.9 Å². The lowest BCUT2D eigenvalue weighted by molar-refractivity contribution is -0.111. The molecule has 2 heterocycles. The topological polar surface area (TPSA) is 113 Å². The van der Waals surface area contributed by atoms with Crippen LogP contribution in [0.15, 0.2) is 85.7 Å². The van der Waals surface area contributed by atoms with Crippen molar-refractivity contribution in [3.63, 3.8) is 0 Å². The number of hydrogen-bond acceptors (Lipinski definition) is 8. The predicted octanol–water partition coefficient (Wildman–Crippen LogP) is 5.70.